The van der Waals surface area contributed by atoms with E-state index in [0.29, 0.717) is 24.4 Å². The topological polar surface area (TPSA) is 84.5 Å². The molecule has 0 unspecified atom stereocenters. The Kier molecular flexibility index (Phi) is 3.79. The van der Waals surface area contributed by atoms with Crippen molar-refractivity contribution in [3.63, 3.8) is 0 Å². The number of carbonyl (C=O) groups excluding carboxylic acids is 3. The number of fused-ring (bicyclic) bond motifs is 1. The zero-order valence-corrected chi connectivity index (χ0v) is 10.5. The molecule has 0 fully saturated rings. The molecule has 1 aliphatic rings. The first-order chi connectivity index (χ1) is 9.06. The van der Waals surface area contributed by atoms with Gasteiger partial charge in [-0.2, -0.15) is 0 Å². The summed E-state index contributed by atoms with van der Waals surface area (Å²) in [4.78, 5) is 33.0. The second-order valence-electron chi connectivity index (χ2n) is 4.23. The monoisotopic (exact) mass is 262 g/mol. The number of Topliss-reactive ketones (excluding diaryl/α,β-unsaturated/α-hetero) is 1. The Morgan fingerprint density at radius 1 is 1.42 bits per heavy atom. The molecule has 1 aromatic rings. The van der Waals surface area contributed by atoms with E-state index in [2.05, 4.69) is 10.6 Å². The van der Waals surface area contributed by atoms with Gasteiger partial charge >= 0.3 is 0 Å². The van der Waals surface area contributed by atoms with E-state index in [0.717, 1.165) is 5.56 Å². The molecular weight excluding hydrogens is 248 g/mol. The molecule has 0 atom stereocenters. The third-order valence-corrected chi connectivity index (χ3v) is 2.70. The van der Waals surface area contributed by atoms with E-state index in [-0.39, 0.29) is 12.5 Å². The predicted octanol–water partition coefficient (Wildman–Crippen LogP) is 0.265. The molecule has 2 N–H and O–H groups in total. The highest BCUT2D eigenvalue weighted by Crippen LogP contribution is 2.28. The first-order valence-electron chi connectivity index (χ1n) is 5.90. The number of hydrogen-bond donors (Lipinski definition) is 2. The van der Waals surface area contributed by atoms with Gasteiger partial charge in [-0.3, -0.25) is 14.4 Å². The summed E-state index contributed by atoms with van der Waals surface area (Å²) in [5, 5.41) is 5.22. The lowest BCUT2D eigenvalue weighted by molar-refractivity contribution is -0.136. The van der Waals surface area contributed by atoms with Gasteiger partial charge in [0.1, 0.15) is 5.75 Å². The minimum atomic E-state index is -0.588. The highest BCUT2D eigenvalue weighted by Gasteiger charge is 2.15. The zero-order valence-electron chi connectivity index (χ0n) is 10.5. The van der Waals surface area contributed by atoms with Crippen LogP contribution in [0.15, 0.2) is 18.2 Å². The van der Waals surface area contributed by atoms with Crippen molar-refractivity contribution < 1.29 is 19.1 Å². The maximum absolute atomic E-state index is 11.2. The third kappa shape index (κ3) is 3.31. The molecule has 1 heterocycles. The van der Waals surface area contributed by atoms with Crippen LogP contribution in [0.4, 0.5) is 5.69 Å². The summed E-state index contributed by atoms with van der Waals surface area (Å²) >= 11 is 0. The van der Waals surface area contributed by atoms with Crippen molar-refractivity contribution >= 4 is 23.3 Å². The van der Waals surface area contributed by atoms with E-state index in [1.54, 1.807) is 12.1 Å². The summed E-state index contributed by atoms with van der Waals surface area (Å²) in [6.07, 6.45) is 0.572. The van der Waals surface area contributed by atoms with Crippen molar-refractivity contribution in [2.75, 3.05) is 18.5 Å². The first kappa shape index (κ1) is 13.1. The summed E-state index contributed by atoms with van der Waals surface area (Å²) < 4.78 is 5.24. The molecule has 6 nitrogen and oxygen atoms in total. The van der Waals surface area contributed by atoms with Crippen LogP contribution >= 0.6 is 0 Å². The fraction of sp³-hybridized carbons (Fsp3) is 0.308. The lowest BCUT2D eigenvalue weighted by atomic mass is 10.1. The lowest BCUT2D eigenvalue weighted by Gasteiger charge is -2.18. The number of nitrogens with one attached hydrogen (secondary N) is 2. The number of anilines is 1. The van der Waals surface area contributed by atoms with E-state index < -0.39 is 11.7 Å². The van der Waals surface area contributed by atoms with Crippen molar-refractivity contribution in [3.8, 4) is 5.75 Å². The summed E-state index contributed by atoms with van der Waals surface area (Å²) in [6.45, 7) is 1.62. The van der Waals surface area contributed by atoms with Crippen molar-refractivity contribution in [3.05, 3.63) is 23.8 Å². The van der Waals surface area contributed by atoms with Gasteiger partial charge in [-0.15, -0.1) is 0 Å². The van der Waals surface area contributed by atoms with Crippen molar-refractivity contribution in [1.29, 1.82) is 0 Å². The standard InChI is InChI=1S/C13H14N2O4/c1-8(16)13(18)14-5-4-9-2-3-11-10(6-9)15-12(17)7-19-11/h2-3,6H,4-5,7H2,1H3,(H,14,18)(H,15,17). The molecule has 0 bridgehead atoms. The van der Waals surface area contributed by atoms with Crippen molar-refractivity contribution in [1.82, 2.24) is 5.32 Å². The average Bonchev–Trinajstić information content (AvgIpc) is 2.38. The summed E-state index contributed by atoms with van der Waals surface area (Å²) in [6, 6.07) is 5.43. The minimum Gasteiger partial charge on any atom is -0.482 e. The van der Waals surface area contributed by atoms with Gasteiger partial charge in [-0.05, 0) is 24.1 Å². The van der Waals surface area contributed by atoms with Gasteiger partial charge in [-0.1, -0.05) is 6.07 Å². The smallest absolute Gasteiger partial charge is 0.287 e. The molecule has 0 radical (unpaired) electrons. The van der Waals surface area contributed by atoms with Gasteiger partial charge in [-0.25, -0.2) is 0 Å². The van der Waals surface area contributed by atoms with Crippen LogP contribution in [0.3, 0.4) is 0 Å². The van der Waals surface area contributed by atoms with Crippen LogP contribution in [0.25, 0.3) is 0 Å². The molecule has 6 heteroatoms. The van der Waals surface area contributed by atoms with Gasteiger partial charge in [0.15, 0.2) is 6.61 Å². The fourth-order valence-corrected chi connectivity index (χ4v) is 1.73. The van der Waals surface area contributed by atoms with Gasteiger partial charge < -0.3 is 15.4 Å². The number of benzene rings is 1. The van der Waals surface area contributed by atoms with Gasteiger partial charge in [0.05, 0.1) is 5.69 Å². The fourth-order valence-electron chi connectivity index (χ4n) is 1.73. The molecule has 19 heavy (non-hydrogen) atoms. The quantitative estimate of drug-likeness (QED) is 0.762. The summed E-state index contributed by atoms with van der Waals surface area (Å²) in [7, 11) is 0. The molecule has 1 aromatic carbocycles. The van der Waals surface area contributed by atoms with Crippen LogP contribution in [0.2, 0.25) is 0 Å². The molecule has 1 aliphatic heterocycles. The van der Waals surface area contributed by atoms with Crippen LogP contribution in [0, 0.1) is 0 Å². The SMILES string of the molecule is CC(=O)C(=O)NCCc1ccc2c(c1)NC(=O)CO2. The lowest BCUT2D eigenvalue weighted by Crippen LogP contribution is -2.31. The Labute approximate surface area is 110 Å². The van der Waals surface area contributed by atoms with E-state index in [1.807, 2.05) is 6.07 Å². The van der Waals surface area contributed by atoms with Gasteiger partial charge in [0, 0.05) is 13.5 Å². The Morgan fingerprint density at radius 2 is 2.21 bits per heavy atom. The van der Waals surface area contributed by atoms with Crippen LogP contribution in [-0.4, -0.2) is 30.7 Å². The highest BCUT2D eigenvalue weighted by molar-refractivity contribution is 6.35. The average molecular weight is 262 g/mol. The Balaban J connectivity index is 1.95. The number of ketones is 1. The number of ether oxygens (including phenoxy) is 1. The molecule has 100 valence electrons. The van der Waals surface area contributed by atoms with Gasteiger partial charge in [0.25, 0.3) is 11.8 Å². The predicted molar refractivity (Wildman–Crippen MR) is 68.0 cm³/mol. The first-order valence-corrected chi connectivity index (χ1v) is 5.90. The van der Waals surface area contributed by atoms with Crippen LogP contribution in [0.1, 0.15) is 12.5 Å². The maximum atomic E-state index is 11.2. The maximum Gasteiger partial charge on any atom is 0.287 e. The number of amides is 2. The van der Waals surface area contributed by atoms with Gasteiger partial charge in [0.2, 0.25) is 5.78 Å². The van der Waals surface area contributed by atoms with E-state index in [9.17, 15) is 14.4 Å². The minimum absolute atomic E-state index is 0.0288. The Hall–Kier alpha value is -2.37. The van der Waals surface area contributed by atoms with E-state index in [4.69, 9.17) is 4.74 Å². The van der Waals surface area contributed by atoms with Crippen molar-refractivity contribution in [2.24, 2.45) is 0 Å². The summed E-state index contributed by atoms with van der Waals surface area (Å²) in [5.74, 6) is -0.647. The second-order valence-corrected chi connectivity index (χ2v) is 4.23. The molecule has 2 amide bonds. The molecule has 0 saturated heterocycles. The number of hydrogen-bond acceptors (Lipinski definition) is 4. The van der Waals surface area contributed by atoms with Crippen LogP contribution < -0.4 is 15.4 Å². The van der Waals surface area contributed by atoms with E-state index in [1.165, 1.54) is 6.92 Å². The van der Waals surface area contributed by atoms with Crippen LogP contribution in [0.5, 0.6) is 5.75 Å². The Bertz CT molecular complexity index is 539. The third-order valence-electron chi connectivity index (χ3n) is 2.70. The molecule has 0 aliphatic carbocycles. The van der Waals surface area contributed by atoms with Crippen LogP contribution in [-0.2, 0) is 20.8 Å². The highest BCUT2D eigenvalue weighted by atomic mass is 16.5. The molecule has 0 aromatic heterocycles. The zero-order chi connectivity index (χ0) is 13.8. The molecular formula is C13H14N2O4. The van der Waals surface area contributed by atoms with Crippen molar-refractivity contribution in [2.45, 2.75) is 13.3 Å². The molecule has 0 saturated carbocycles. The largest absolute Gasteiger partial charge is 0.482 e. The second kappa shape index (κ2) is 5.51. The normalized spacial score (nSPS) is 13.0. The molecule has 2 rings (SSSR count). The van der Waals surface area contributed by atoms with E-state index >= 15 is 0 Å². The number of rotatable bonds is 4. The molecule has 0 spiro atoms. The number of carbonyl (C=O) groups is 3. The summed E-state index contributed by atoms with van der Waals surface area (Å²) in [5.41, 5.74) is 1.57. The Morgan fingerprint density at radius 3 is 2.95 bits per heavy atom.